The molecule has 2 amide bonds. The van der Waals surface area contributed by atoms with Gasteiger partial charge in [0.05, 0.1) is 5.02 Å². The number of rotatable bonds is 11. The summed E-state index contributed by atoms with van der Waals surface area (Å²) >= 11 is 6.20. The molecule has 3 rings (SSSR count). The fraction of sp³-hybridized carbons (Fsp3) is 0.286. The average molecular weight is 479 g/mol. The molecule has 1 N–H and O–H groups in total. The van der Waals surface area contributed by atoms with Crippen LogP contribution in [0.1, 0.15) is 30.0 Å². The number of nitrogens with zero attached hydrogens (tertiary/aromatic N) is 1. The summed E-state index contributed by atoms with van der Waals surface area (Å²) in [6, 6.07) is 24.0. The molecule has 0 unspecified atom stereocenters. The fourth-order valence-electron chi connectivity index (χ4n) is 3.59. The molecule has 0 aliphatic rings. The van der Waals surface area contributed by atoms with Crippen molar-refractivity contribution in [3.8, 4) is 5.75 Å². The second-order valence-corrected chi connectivity index (χ2v) is 8.63. The fourth-order valence-corrected chi connectivity index (χ4v) is 3.78. The molecular weight excluding hydrogens is 448 g/mol. The third kappa shape index (κ3) is 7.35. The van der Waals surface area contributed by atoms with Crippen molar-refractivity contribution in [3.63, 3.8) is 0 Å². The number of para-hydroxylation sites is 1. The lowest BCUT2D eigenvalue weighted by atomic mass is 10.0. The van der Waals surface area contributed by atoms with E-state index in [0.717, 1.165) is 23.1 Å². The van der Waals surface area contributed by atoms with E-state index in [4.69, 9.17) is 16.3 Å². The molecule has 0 saturated heterocycles. The minimum Gasteiger partial charge on any atom is -0.482 e. The molecule has 178 valence electrons. The van der Waals surface area contributed by atoms with Gasteiger partial charge in [0.1, 0.15) is 11.8 Å². The Balaban J connectivity index is 1.89. The molecule has 3 aromatic carbocycles. The van der Waals surface area contributed by atoms with Crippen molar-refractivity contribution in [2.45, 2.75) is 39.3 Å². The number of halogens is 1. The summed E-state index contributed by atoms with van der Waals surface area (Å²) in [4.78, 5) is 28.4. The van der Waals surface area contributed by atoms with Gasteiger partial charge in [-0.25, -0.2) is 0 Å². The van der Waals surface area contributed by atoms with Crippen LogP contribution in [-0.2, 0) is 22.6 Å². The first-order valence-corrected chi connectivity index (χ1v) is 11.9. The lowest BCUT2D eigenvalue weighted by Gasteiger charge is -2.31. The van der Waals surface area contributed by atoms with Gasteiger partial charge in [-0.1, -0.05) is 90.8 Å². The Labute approximate surface area is 206 Å². The second kappa shape index (κ2) is 12.8. The molecule has 0 spiro atoms. The first-order valence-electron chi connectivity index (χ1n) is 11.5. The molecule has 0 aliphatic heterocycles. The van der Waals surface area contributed by atoms with E-state index < -0.39 is 6.04 Å². The predicted octanol–water partition coefficient (Wildman–Crippen LogP) is 5.19. The van der Waals surface area contributed by atoms with Gasteiger partial charge in [0, 0.05) is 19.5 Å². The van der Waals surface area contributed by atoms with Gasteiger partial charge in [-0.2, -0.15) is 0 Å². The summed E-state index contributed by atoms with van der Waals surface area (Å²) in [5, 5.41) is 3.40. The molecule has 0 radical (unpaired) electrons. The maximum Gasteiger partial charge on any atom is 0.261 e. The van der Waals surface area contributed by atoms with Crippen LogP contribution in [0.15, 0.2) is 78.9 Å². The van der Waals surface area contributed by atoms with Crippen LogP contribution in [0.5, 0.6) is 5.75 Å². The SMILES string of the molecule is CCCNC(=O)[C@H](Cc1ccccc1)N(Cc1ccc(C)cc1)C(=O)COc1ccccc1Cl. The smallest absolute Gasteiger partial charge is 0.261 e. The largest absolute Gasteiger partial charge is 0.482 e. The Hall–Kier alpha value is -3.31. The van der Waals surface area contributed by atoms with E-state index >= 15 is 0 Å². The topological polar surface area (TPSA) is 58.6 Å². The molecule has 5 nitrogen and oxygen atoms in total. The van der Waals surface area contributed by atoms with E-state index in [-0.39, 0.29) is 18.4 Å². The second-order valence-electron chi connectivity index (χ2n) is 8.22. The number of aryl methyl sites for hydroxylation is 1. The van der Waals surface area contributed by atoms with Gasteiger partial charge in [-0.3, -0.25) is 9.59 Å². The summed E-state index contributed by atoms with van der Waals surface area (Å²) in [5.74, 6) is -0.0279. The van der Waals surface area contributed by atoms with Gasteiger partial charge >= 0.3 is 0 Å². The number of benzene rings is 3. The van der Waals surface area contributed by atoms with E-state index in [9.17, 15) is 9.59 Å². The maximum atomic E-state index is 13.5. The standard InChI is InChI=1S/C28H31ClN2O3/c1-3-17-30-28(33)25(18-22-9-5-4-6-10-22)31(19-23-15-13-21(2)14-16-23)27(32)20-34-26-12-8-7-11-24(26)29/h4-16,25H,3,17-20H2,1-2H3,(H,30,33)/t25-/m0/s1. The van der Waals surface area contributed by atoms with Gasteiger partial charge in [0.15, 0.2) is 6.61 Å². The van der Waals surface area contributed by atoms with E-state index in [1.54, 1.807) is 29.2 Å². The number of amides is 2. The first kappa shape index (κ1) is 25.3. The van der Waals surface area contributed by atoms with E-state index in [1.165, 1.54) is 0 Å². The van der Waals surface area contributed by atoms with Crippen molar-refractivity contribution in [3.05, 3.63) is 101 Å². The quantitative estimate of drug-likeness (QED) is 0.412. The van der Waals surface area contributed by atoms with Crippen molar-refractivity contribution >= 4 is 23.4 Å². The molecule has 3 aromatic rings. The summed E-state index contributed by atoms with van der Waals surface area (Å²) in [7, 11) is 0. The van der Waals surface area contributed by atoms with Crippen molar-refractivity contribution in [2.24, 2.45) is 0 Å². The van der Waals surface area contributed by atoms with Crippen LogP contribution in [0.25, 0.3) is 0 Å². The zero-order valence-electron chi connectivity index (χ0n) is 19.7. The molecule has 0 saturated carbocycles. The van der Waals surface area contributed by atoms with E-state index in [1.807, 2.05) is 68.4 Å². The van der Waals surface area contributed by atoms with Crippen molar-refractivity contribution < 1.29 is 14.3 Å². The predicted molar refractivity (Wildman–Crippen MR) is 136 cm³/mol. The molecule has 0 aromatic heterocycles. The van der Waals surface area contributed by atoms with E-state index in [0.29, 0.717) is 30.3 Å². The number of nitrogens with one attached hydrogen (secondary N) is 1. The minimum atomic E-state index is -0.683. The first-order chi connectivity index (χ1) is 16.5. The highest BCUT2D eigenvalue weighted by molar-refractivity contribution is 6.32. The van der Waals surface area contributed by atoms with Crippen LogP contribution in [0, 0.1) is 6.92 Å². The third-order valence-corrected chi connectivity index (χ3v) is 5.79. The normalized spacial score (nSPS) is 11.5. The van der Waals surface area contributed by atoms with Crippen LogP contribution in [0.2, 0.25) is 5.02 Å². The monoisotopic (exact) mass is 478 g/mol. The lowest BCUT2D eigenvalue weighted by Crippen LogP contribution is -2.51. The molecule has 0 heterocycles. The minimum absolute atomic E-state index is 0.177. The van der Waals surface area contributed by atoms with Crippen LogP contribution in [0.3, 0.4) is 0 Å². The maximum absolute atomic E-state index is 13.5. The van der Waals surface area contributed by atoms with Gasteiger partial charge in [-0.15, -0.1) is 0 Å². The molecule has 34 heavy (non-hydrogen) atoms. The molecule has 0 fully saturated rings. The van der Waals surface area contributed by atoms with E-state index in [2.05, 4.69) is 5.32 Å². The summed E-state index contributed by atoms with van der Waals surface area (Å²) in [6.45, 7) is 4.64. The molecule has 1 atom stereocenters. The Kier molecular flexibility index (Phi) is 9.53. The van der Waals surface area contributed by atoms with Gasteiger partial charge in [-0.05, 0) is 36.6 Å². The average Bonchev–Trinajstić information content (AvgIpc) is 2.85. The Morgan fingerprint density at radius 2 is 1.62 bits per heavy atom. The van der Waals surface area contributed by atoms with Crippen molar-refractivity contribution in [1.29, 1.82) is 0 Å². The van der Waals surface area contributed by atoms with Crippen LogP contribution >= 0.6 is 11.6 Å². The number of hydrogen-bond acceptors (Lipinski definition) is 3. The zero-order chi connectivity index (χ0) is 24.3. The molecule has 6 heteroatoms. The van der Waals surface area contributed by atoms with Crippen LogP contribution < -0.4 is 10.1 Å². The van der Waals surface area contributed by atoms with Gasteiger partial charge in [0.2, 0.25) is 5.91 Å². The summed E-state index contributed by atoms with van der Waals surface area (Å²) in [5.41, 5.74) is 3.05. The molecule has 0 aliphatic carbocycles. The number of carbonyl (C=O) groups is 2. The van der Waals surface area contributed by atoms with Crippen LogP contribution in [-0.4, -0.2) is 35.9 Å². The highest BCUT2D eigenvalue weighted by atomic mass is 35.5. The summed E-state index contributed by atoms with van der Waals surface area (Å²) in [6.07, 6.45) is 1.21. The van der Waals surface area contributed by atoms with Gasteiger partial charge in [0.25, 0.3) is 5.91 Å². The Morgan fingerprint density at radius 3 is 2.29 bits per heavy atom. The van der Waals surface area contributed by atoms with Crippen molar-refractivity contribution in [1.82, 2.24) is 10.2 Å². The Bertz CT molecular complexity index is 1070. The third-order valence-electron chi connectivity index (χ3n) is 5.48. The number of carbonyl (C=O) groups excluding carboxylic acids is 2. The highest BCUT2D eigenvalue weighted by Gasteiger charge is 2.30. The number of ether oxygens (including phenoxy) is 1. The lowest BCUT2D eigenvalue weighted by molar-refractivity contribution is -0.142. The van der Waals surface area contributed by atoms with Gasteiger partial charge < -0.3 is 15.0 Å². The molecule has 0 bridgehead atoms. The zero-order valence-corrected chi connectivity index (χ0v) is 20.4. The van der Waals surface area contributed by atoms with Crippen molar-refractivity contribution in [2.75, 3.05) is 13.2 Å². The van der Waals surface area contributed by atoms with Crippen LogP contribution in [0.4, 0.5) is 0 Å². The highest BCUT2D eigenvalue weighted by Crippen LogP contribution is 2.23. The summed E-state index contributed by atoms with van der Waals surface area (Å²) < 4.78 is 5.74. The Morgan fingerprint density at radius 1 is 0.941 bits per heavy atom. The molecular formula is C28H31ClN2O3. The number of hydrogen-bond donors (Lipinski definition) is 1.